The summed E-state index contributed by atoms with van der Waals surface area (Å²) in [6.45, 7) is 4.58. The van der Waals surface area contributed by atoms with Crippen molar-refractivity contribution in [2.45, 2.75) is 65.0 Å². The molecule has 0 unspecified atom stereocenters. The van der Waals surface area contributed by atoms with Crippen molar-refractivity contribution in [2.24, 2.45) is 17.8 Å². The molecular weight excluding hydrogens is 312 g/mol. The minimum absolute atomic E-state index is 0.0405. The lowest BCUT2D eigenvalue weighted by atomic mass is 9.86. The van der Waals surface area contributed by atoms with E-state index in [1.165, 1.54) is 25.7 Å². The van der Waals surface area contributed by atoms with Gasteiger partial charge in [0.25, 0.3) is 5.91 Å². The maximum Gasteiger partial charge on any atom is 0.251 e. The first kappa shape index (κ1) is 18.0. The van der Waals surface area contributed by atoms with Crippen LogP contribution in [-0.4, -0.2) is 17.9 Å². The van der Waals surface area contributed by atoms with E-state index in [1.807, 2.05) is 38.1 Å². The number of amides is 2. The molecule has 0 radical (unpaired) electrons. The largest absolute Gasteiger partial charge is 0.352 e. The average molecular weight is 342 g/mol. The summed E-state index contributed by atoms with van der Waals surface area (Å²) in [6, 6.07) is 7.68. The van der Waals surface area contributed by atoms with Gasteiger partial charge in [0, 0.05) is 24.6 Å². The van der Waals surface area contributed by atoms with Gasteiger partial charge in [-0.25, -0.2) is 0 Å². The molecule has 2 aliphatic rings. The molecule has 0 aliphatic heterocycles. The van der Waals surface area contributed by atoms with E-state index in [2.05, 4.69) is 10.6 Å². The summed E-state index contributed by atoms with van der Waals surface area (Å²) in [4.78, 5) is 24.3. The van der Waals surface area contributed by atoms with Gasteiger partial charge in [0.2, 0.25) is 5.91 Å². The first-order valence-electron chi connectivity index (χ1n) is 9.71. The molecule has 2 bridgehead atoms. The van der Waals surface area contributed by atoms with E-state index in [1.54, 1.807) is 0 Å². The standard InChI is InChI=1S/C21H30N2O2/c1-3-14(2)23-21(25)17-7-4-15(5-8-17)13-22-20(24)12-19-11-16-6-9-18(19)10-16/h4-5,7-8,14,16,18-19H,3,6,9-13H2,1-2H3,(H,22,24)(H,23,25)/t14-,16-,18-,19+/m0/s1. The molecule has 136 valence electrons. The van der Waals surface area contributed by atoms with Crippen LogP contribution in [0.1, 0.15) is 68.3 Å². The van der Waals surface area contributed by atoms with Crippen LogP contribution in [0.25, 0.3) is 0 Å². The Morgan fingerprint density at radius 1 is 1.16 bits per heavy atom. The third kappa shape index (κ3) is 4.62. The number of hydrogen-bond donors (Lipinski definition) is 2. The zero-order valence-corrected chi connectivity index (χ0v) is 15.4. The highest BCUT2D eigenvalue weighted by molar-refractivity contribution is 5.94. The minimum atomic E-state index is -0.0405. The molecule has 1 aromatic rings. The van der Waals surface area contributed by atoms with Crippen LogP contribution in [0.15, 0.2) is 24.3 Å². The van der Waals surface area contributed by atoms with E-state index in [-0.39, 0.29) is 17.9 Å². The third-order valence-corrected chi connectivity index (χ3v) is 6.03. The van der Waals surface area contributed by atoms with Gasteiger partial charge in [0.1, 0.15) is 0 Å². The molecule has 1 aromatic carbocycles. The SMILES string of the molecule is CC[C@H](C)NC(=O)c1ccc(CNC(=O)C[C@H]2C[C@H]3CC[C@H]2C3)cc1. The number of benzene rings is 1. The molecule has 0 heterocycles. The van der Waals surface area contributed by atoms with E-state index in [0.29, 0.717) is 24.4 Å². The van der Waals surface area contributed by atoms with Crippen molar-refractivity contribution >= 4 is 11.8 Å². The number of hydrogen-bond acceptors (Lipinski definition) is 2. The molecule has 4 atom stereocenters. The van der Waals surface area contributed by atoms with Gasteiger partial charge in [-0.3, -0.25) is 9.59 Å². The fourth-order valence-corrected chi connectivity index (χ4v) is 4.32. The van der Waals surface area contributed by atoms with Crippen LogP contribution in [0, 0.1) is 17.8 Å². The molecule has 4 heteroatoms. The predicted octanol–water partition coefficient (Wildman–Crippen LogP) is 3.66. The van der Waals surface area contributed by atoms with Crippen LogP contribution in [0.5, 0.6) is 0 Å². The number of carbonyl (C=O) groups is 2. The monoisotopic (exact) mass is 342 g/mol. The number of nitrogens with one attached hydrogen (secondary N) is 2. The molecule has 0 spiro atoms. The van der Waals surface area contributed by atoms with Gasteiger partial charge >= 0.3 is 0 Å². The van der Waals surface area contributed by atoms with E-state index in [0.717, 1.165) is 23.8 Å². The maximum absolute atomic E-state index is 12.2. The zero-order valence-electron chi connectivity index (χ0n) is 15.4. The molecule has 3 rings (SSSR count). The second-order valence-electron chi connectivity index (χ2n) is 7.90. The molecule has 0 aromatic heterocycles. The van der Waals surface area contributed by atoms with Gasteiger partial charge in [-0.15, -0.1) is 0 Å². The van der Waals surface area contributed by atoms with Crippen molar-refractivity contribution in [3.63, 3.8) is 0 Å². The van der Waals surface area contributed by atoms with E-state index in [4.69, 9.17) is 0 Å². The maximum atomic E-state index is 12.2. The van der Waals surface area contributed by atoms with E-state index < -0.39 is 0 Å². The summed E-state index contributed by atoms with van der Waals surface area (Å²) in [5.41, 5.74) is 1.69. The van der Waals surface area contributed by atoms with E-state index >= 15 is 0 Å². The fraction of sp³-hybridized carbons (Fsp3) is 0.619. The fourth-order valence-electron chi connectivity index (χ4n) is 4.32. The molecule has 2 amide bonds. The molecule has 4 nitrogen and oxygen atoms in total. The molecular formula is C21H30N2O2. The summed E-state index contributed by atoms with van der Waals surface area (Å²) < 4.78 is 0. The van der Waals surface area contributed by atoms with Crippen LogP contribution in [0.4, 0.5) is 0 Å². The van der Waals surface area contributed by atoms with Gasteiger partial charge < -0.3 is 10.6 Å². The highest BCUT2D eigenvalue weighted by atomic mass is 16.2. The Morgan fingerprint density at radius 2 is 1.92 bits per heavy atom. The van der Waals surface area contributed by atoms with Crippen molar-refractivity contribution in [1.29, 1.82) is 0 Å². The van der Waals surface area contributed by atoms with Crippen LogP contribution >= 0.6 is 0 Å². The van der Waals surface area contributed by atoms with Crippen molar-refractivity contribution < 1.29 is 9.59 Å². The van der Waals surface area contributed by atoms with Crippen molar-refractivity contribution in [2.75, 3.05) is 0 Å². The number of fused-ring (bicyclic) bond motifs is 2. The Hall–Kier alpha value is -1.84. The first-order chi connectivity index (χ1) is 12.0. The summed E-state index contributed by atoms with van der Waals surface area (Å²) >= 11 is 0. The van der Waals surface area contributed by atoms with Crippen molar-refractivity contribution in [1.82, 2.24) is 10.6 Å². The normalized spacial score (nSPS) is 25.6. The Bertz CT molecular complexity index is 611. The smallest absolute Gasteiger partial charge is 0.251 e. The lowest BCUT2D eigenvalue weighted by Crippen LogP contribution is -2.31. The van der Waals surface area contributed by atoms with Gasteiger partial charge in [0.05, 0.1) is 0 Å². The average Bonchev–Trinajstić information content (AvgIpc) is 3.23. The minimum Gasteiger partial charge on any atom is -0.352 e. The van der Waals surface area contributed by atoms with Gasteiger partial charge in [-0.05, 0) is 68.1 Å². The lowest BCUT2D eigenvalue weighted by Gasteiger charge is -2.20. The summed E-state index contributed by atoms with van der Waals surface area (Å²) in [7, 11) is 0. The summed E-state index contributed by atoms with van der Waals surface area (Å²) in [5.74, 6) is 2.40. The first-order valence-corrected chi connectivity index (χ1v) is 9.71. The number of carbonyl (C=O) groups excluding carboxylic acids is 2. The van der Waals surface area contributed by atoms with E-state index in [9.17, 15) is 9.59 Å². The van der Waals surface area contributed by atoms with Gasteiger partial charge in [0.15, 0.2) is 0 Å². The van der Waals surface area contributed by atoms with Gasteiger partial charge in [-0.1, -0.05) is 25.5 Å². The Morgan fingerprint density at radius 3 is 2.52 bits per heavy atom. The second kappa shape index (κ2) is 8.03. The zero-order chi connectivity index (χ0) is 17.8. The van der Waals surface area contributed by atoms with Crippen molar-refractivity contribution in [3.8, 4) is 0 Å². The highest BCUT2D eigenvalue weighted by Crippen LogP contribution is 2.49. The Kier molecular flexibility index (Phi) is 5.77. The molecule has 25 heavy (non-hydrogen) atoms. The quantitative estimate of drug-likeness (QED) is 0.794. The molecule has 2 N–H and O–H groups in total. The molecule has 2 aliphatic carbocycles. The van der Waals surface area contributed by atoms with Gasteiger partial charge in [-0.2, -0.15) is 0 Å². The van der Waals surface area contributed by atoms with Crippen LogP contribution < -0.4 is 10.6 Å². The highest BCUT2D eigenvalue weighted by Gasteiger charge is 2.39. The molecule has 2 saturated carbocycles. The Labute approximate surface area is 150 Å². The van der Waals surface area contributed by atoms with Crippen LogP contribution in [0.2, 0.25) is 0 Å². The molecule has 0 saturated heterocycles. The second-order valence-corrected chi connectivity index (χ2v) is 7.90. The Balaban J connectivity index is 1.43. The molecule has 2 fully saturated rings. The number of rotatable bonds is 7. The third-order valence-electron chi connectivity index (χ3n) is 6.03. The topological polar surface area (TPSA) is 58.2 Å². The summed E-state index contributed by atoms with van der Waals surface area (Å²) in [6.07, 6.45) is 6.88. The van der Waals surface area contributed by atoms with Crippen molar-refractivity contribution in [3.05, 3.63) is 35.4 Å². The van der Waals surface area contributed by atoms with Crippen LogP contribution in [0.3, 0.4) is 0 Å². The predicted molar refractivity (Wildman–Crippen MR) is 99.1 cm³/mol. The summed E-state index contributed by atoms with van der Waals surface area (Å²) in [5, 5.41) is 6.00. The lowest BCUT2D eigenvalue weighted by molar-refractivity contribution is -0.122. The van der Waals surface area contributed by atoms with Crippen LogP contribution in [-0.2, 0) is 11.3 Å².